The topological polar surface area (TPSA) is 42.1 Å². The third kappa shape index (κ3) is 3.02. The molecule has 1 atom stereocenters. The van der Waals surface area contributed by atoms with Crippen LogP contribution < -0.4 is 5.73 Å². The third-order valence-corrected chi connectivity index (χ3v) is 4.44. The zero-order valence-electron chi connectivity index (χ0n) is 11.8. The zero-order chi connectivity index (χ0) is 13.8. The van der Waals surface area contributed by atoms with E-state index in [0.717, 1.165) is 24.8 Å². The number of aromatic nitrogens is 1. The summed E-state index contributed by atoms with van der Waals surface area (Å²) in [6.45, 7) is 4.38. The molecular formula is C14H24ClN3. The highest BCUT2D eigenvalue weighted by molar-refractivity contribution is 6.31. The molecule has 1 aromatic rings. The van der Waals surface area contributed by atoms with Crippen molar-refractivity contribution < 1.29 is 0 Å². The first-order valence-electron chi connectivity index (χ1n) is 6.49. The van der Waals surface area contributed by atoms with Crippen molar-refractivity contribution in [1.82, 2.24) is 9.88 Å². The van der Waals surface area contributed by atoms with Crippen molar-refractivity contribution in [1.29, 1.82) is 0 Å². The predicted molar refractivity (Wildman–Crippen MR) is 77.9 cm³/mol. The molecule has 0 aliphatic rings. The summed E-state index contributed by atoms with van der Waals surface area (Å²) in [6, 6.07) is 2.01. The SMILES string of the molecule is CCC(CC)(C(N)Cc1ccncc1Cl)N(C)C. The number of likely N-dealkylation sites (N-methyl/N-ethyl adjacent to an activating group) is 1. The first-order chi connectivity index (χ1) is 8.47. The Morgan fingerprint density at radius 3 is 2.44 bits per heavy atom. The summed E-state index contributed by atoms with van der Waals surface area (Å²) in [7, 11) is 4.20. The Morgan fingerprint density at radius 2 is 2.00 bits per heavy atom. The van der Waals surface area contributed by atoms with E-state index >= 15 is 0 Å². The lowest BCUT2D eigenvalue weighted by molar-refractivity contribution is 0.105. The lowest BCUT2D eigenvalue weighted by Gasteiger charge is -2.43. The second-order valence-electron chi connectivity index (χ2n) is 4.98. The third-order valence-electron chi connectivity index (χ3n) is 4.10. The molecule has 4 heteroatoms. The van der Waals surface area contributed by atoms with Gasteiger partial charge in [-0.3, -0.25) is 4.98 Å². The average Bonchev–Trinajstić information content (AvgIpc) is 2.34. The van der Waals surface area contributed by atoms with Crippen molar-refractivity contribution in [3.63, 3.8) is 0 Å². The number of nitrogens with zero attached hydrogens (tertiary/aromatic N) is 2. The summed E-state index contributed by atoms with van der Waals surface area (Å²) in [4.78, 5) is 6.25. The Labute approximate surface area is 115 Å². The number of nitrogens with two attached hydrogens (primary N) is 1. The summed E-state index contributed by atoms with van der Waals surface area (Å²) in [6.07, 6.45) is 6.28. The van der Waals surface area contributed by atoms with Gasteiger partial charge >= 0.3 is 0 Å². The van der Waals surface area contributed by atoms with Crippen LogP contribution in [0.4, 0.5) is 0 Å². The molecule has 0 fully saturated rings. The van der Waals surface area contributed by atoms with Crippen molar-refractivity contribution in [3.8, 4) is 0 Å². The van der Waals surface area contributed by atoms with E-state index in [0.29, 0.717) is 5.02 Å². The Kier molecular flexibility index (Phi) is 5.57. The lowest BCUT2D eigenvalue weighted by atomic mass is 9.81. The molecule has 0 aliphatic heterocycles. The minimum absolute atomic E-state index is 0.0204. The first kappa shape index (κ1) is 15.4. The summed E-state index contributed by atoms with van der Waals surface area (Å²) in [5.74, 6) is 0. The molecule has 18 heavy (non-hydrogen) atoms. The predicted octanol–water partition coefficient (Wildman–Crippen LogP) is 2.73. The van der Waals surface area contributed by atoms with Crippen molar-refractivity contribution in [2.45, 2.75) is 44.7 Å². The molecule has 1 heterocycles. The summed E-state index contributed by atoms with van der Waals surface area (Å²) in [5, 5.41) is 0.702. The average molecular weight is 270 g/mol. The van der Waals surface area contributed by atoms with Crippen LogP contribution in [0.3, 0.4) is 0 Å². The van der Waals surface area contributed by atoms with E-state index in [-0.39, 0.29) is 11.6 Å². The fraction of sp³-hybridized carbons (Fsp3) is 0.643. The van der Waals surface area contributed by atoms with E-state index in [1.54, 1.807) is 12.4 Å². The van der Waals surface area contributed by atoms with Gasteiger partial charge in [-0.2, -0.15) is 0 Å². The highest BCUT2D eigenvalue weighted by Crippen LogP contribution is 2.28. The molecule has 0 aliphatic carbocycles. The van der Waals surface area contributed by atoms with Crippen LogP contribution in [-0.2, 0) is 6.42 Å². The van der Waals surface area contributed by atoms with Crippen LogP contribution in [0.2, 0.25) is 5.02 Å². The molecular weight excluding hydrogens is 246 g/mol. The maximum Gasteiger partial charge on any atom is 0.0621 e. The molecule has 0 saturated carbocycles. The van der Waals surface area contributed by atoms with E-state index in [1.807, 2.05) is 6.07 Å². The Morgan fingerprint density at radius 1 is 1.39 bits per heavy atom. The van der Waals surface area contributed by atoms with Crippen LogP contribution >= 0.6 is 11.6 Å². The van der Waals surface area contributed by atoms with Gasteiger partial charge in [0.1, 0.15) is 0 Å². The van der Waals surface area contributed by atoms with Crippen LogP contribution in [0.1, 0.15) is 32.3 Å². The monoisotopic (exact) mass is 269 g/mol. The zero-order valence-corrected chi connectivity index (χ0v) is 12.5. The quantitative estimate of drug-likeness (QED) is 0.863. The van der Waals surface area contributed by atoms with Crippen LogP contribution in [0.25, 0.3) is 0 Å². The second kappa shape index (κ2) is 6.50. The van der Waals surface area contributed by atoms with Gasteiger partial charge in [-0.25, -0.2) is 0 Å². The molecule has 1 rings (SSSR count). The summed E-state index contributed by atoms with van der Waals surface area (Å²) < 4.78 is 0. The number of hydrogen-bond acceptors (Lipinski definition) is 3. The van der Waals surface area contributed by atoms with Crippen molar-refractivity contribution in [2.75, 3.05) is 14.1 Å². The van der Waals surface area contributed by atoms with Crippen molar-refractivity contribution in [3.05, 3.63) is 29.0 Å². The van der Waals surface area contributed by atoms with Gasteiger partial charge in [0.15, 0.2) is 0 Å². The molecule has 3 nitrogen and oxygen atoms in total. The fourth-order valence-electron chi connectivity index (χ4n) is 2.73. The maximum absolute atomic E-state index is 6.46. The van der Waals surface area contributed by atoms with E-state index in [1.165, 1.54) is 0 Å². The van der Waals surface area contributed by atoms with Gasteiger partial charge in [-0.05, 0) is 45.0 Å². The van der Waals surface area contributed by atoms with E-state index < -0.39 is 0 Å². The van der Waals surface area contributed by atoms with E-state index in [4.69, 9.17) is 17.3 Å². The molecule has 2 N–H and O–H groups in total. The fourth-order valence-corrected chi connectivity index (χ4v) is 2.93. The number of rotatable bonds is 6. The molecule has 1 unspecified atom stereocenters. The van der Waals surface area contributed by atoms with Gasteiger partial charge in [0.25, 0.3) is 0 Å². The Hall–Kier alpha value is -0.640. The minimum Gasteiger partial charge on any atom is -0.326 e. The Balaban J connectivity index is 2.92. The molecule has 0 spiro atoms. The highest BCUT2D eigenvalue weighted by Gasteiger charge is 2.35. The first-order valence-corrected chi connectivity index (χ1v) is 6.87. The van der Waals surface area contributed by atoms with Crippen LogP contribution in [0.15, 0.2) is 18.5 Å². The largest absolute Gasteiger partial charge is 0.326 e. The molecule has 0 saturated heterocycles. The standard InChI is InChI=1S/C14H24ClN3/c1-5-14(6-2,18(3)4)13(16)9-11-7-8-17-10-12(11)15/h7-8,10,13H,5-6,9,16H2,1-4H3. The number of pyridine rings is 1. The molecule has 0 amide bonds. The van der Waals surface area contributed by atoms with Crippen LogP contribution in [0.5, 0.6) is 0 Å². The van der Waals surface area contributed by atoms with Gasteiger partial charge < -0.3 is 10.6 Å². The molecule has 1 aromatic heterocycles. The molecule has 0 aromatic carbocycles. The van der Waals surface area contributed by atoms with Crippen molar-refractivity contribution >= 4 is 11.6 Å². The number of halogens is 1. The highest BCUT2D eigenvalue weighted by atomic mass is 35.5. The second-order valence-corrected chi connectivity index (χ2v) is 5.39. The van der Waals surface area contributed by atoms with Gasteiger partial charge in [-0.15, -0.1) is 0 Å². The normalized spacial score (nSPS) is 13.9. The summed E-state index contributed by atoms with van der Waals surface area (Å²) >= 11 is 6.15. The van der Waals surface area contributed by atoms with E-state index in [9.17, 15) is 0 Å². The van der Waals surface area contributed by atoms with Gasteiger partial charge in [0, 0.05) is 24.0 Å². The lowest BCUT2D eigenvalue weighted by Crippen LogP contribution is -2.57. The minimum atomic E-state index is 0.0204. The van der Waals surface area contributed by atoms with E-state index in [2.05, 4.69) is 37.8 Å². The van der Waals surface area contributed by atoms with Crippen LogP contribution in [-0.4, -0.2) is 35.6 Å². The van der Waals surface area contributed by atoms with Crippen molar-refractivity contribution in [2.24, 2.45) is 5.73 Å². The maximum atomic E-state index is 6.46. The van der Waals surface area contributed by atoms with Crippen LogP contribution in [0, 0.1) is 0 Å². The smallest absolute Gasteiger partial charge is 0.0621 e. The van der Waals surface area contributed by atoms with Gasteiger partial charge in [-0.1, -0.05) is 25.4 Å². The molecule has 0 radical (unpaired) electrons. The summed E-state index contributed by atoms with van der Waals surface area (Å²) in [5.41, 5.74) is 7.55. The molecule has 0 bridgehead atoms. The van der Waals surface area contributed by atoms with Gasteiger partial charge in [0.2, 0.25) is 0 Å². The molecule has 102 valence electrons. The van der Waals surface area contributed by atoms with Gasteiger partial charge in [0.05, 0.1) is 5.02 Å². The Bertz CT molecular complexity index is 375. The number of hydrogen-bond donors (Lipinski definition) is 1.